The number of hydrogen-bond acceptors (Lipinski definition) is 10. The molecule has 65 heavy (non-hydrogen) atoms. The van der Waals surface area contributed by atoms with Gasteiger partial charge in [-0.05, 0) is 78.4 Å². The normalized spacial score (nSPS) is 17.8. The summed E-state index contributed by atoms with van der Waals surface area (Å²) in [7, 11) is 3.32. The molecule has 4 atom stereocenters. The van der Waals surface area contributed by atoms with Crippen molar-refractivity contribution in [1.82, 2.24) is 24.8 Å². The Morgan fingerprint density at radius 1 is 0.600 bits per heavy atom. The molecule has 0 radical (unpaired) electrons. The van der Waals surface area contributed by atoms with Gasteiger partial charge in [-0.1, -0.05) is 146 Å². The molecule has 0 saturated carbocycles. The van der Waals surface area contributed by atoms with E-state index in [-0.39, 0.29) is 6.61 Å². The molecule has 3 N–H and O–H groups in total. The fraction of sp³-hybridized carbons (Fsp3) is 0.241. The summed E-state index contributed by atoms with van der Waals surface area (Å²) in [6.07, 6.45) is 0.774. The van der Waals surface area contributed by atoms with Crippen LogP contribution in [0, 0.1) is 0 Å². The van der Waals surface area contributed by atoms with Crippen LogP contribution < -0.4 is 20.1 Å². The number of aliphatic hydroxyl groups excluding tert-OH is 1. The molecule has 11 heteroatoms. The van der Waals surface area contributed by atoms with Crippen LogP contribution in [0.2, 0.25) is 0 Å². The number of benzene rings is 6. The molecule has 0 amide bonds. The monoisotopic (exact) mass is 866 g/mol. The second-order valence-corrected chi connectivity index (χ2v) is 17.3. The maximum Gasteiger partial charge on any atom is 0.167 e. The van der Waals surface area contributed by atoms with Crippen molar-refractivity contribution in [2.45, 2.75) is 61.9 Å². The third-order valence-electron chi connectivity index (χ3n) is 12.2. The number of anilines is 1. The van der Waals surface area contributed by atoms with E-state index >= 15 is 0 Å². The van der Waals surface area contributed by atoms with E-state index in [1.807, 2.05) is 114 Å². The van der Waals surface area contributed by atoms with Crippen LogP contribution in [0.3, 0.4) is 0 Å². The molecule has 3 heterocycles. The predicted molar refractivity (Wildman–Crippen MR) is 253 cm³/mol. The quantitative estimate of drug-likeness (QED) is 0.0860. The fourth-order valence-corrected chi connectivity index (χ4v) is 9.15. The Kier molecular flexibility index (Phi) is 12.2. The molecule has 0 aliphatic carbocycles. The first kappa shape index (κ1) is 43.4. The predicted octanol–water partition coefficient (Wildman–Crippen LogP) is 9.27. The van der Waals surface area contributed by atoms with E-state index < -0.39 is 41.2 Å². The van der Waals surface area contributed by atoms with Gasteiger partial charge in [-0.15, -0.1) is 0 Å². The molecule has 1 aliphatic rings. The highest BCUT2D eigenvalue weighted by Gasteiger charge is 2.49. The molecule has 9 rings (SSSR count). The summed E-state index contributed by atoms with van der Waals surface area (Å²) < 4.78 is 27.2. The minimum atomic E-state index is -1.06. The number of fused-ring (bicyclic) bond motifs is 1. The van der Waals surface area contributed by atoms with Gasteiger partial charge in [-0.25, -0.2) is 15.0 Å². The van der Waals surface area contributed by atoms with Gasteiger partial charge in [0.15, 0.2) is 23.2 Å². The molecular formula is C54H54N6O5. The zero-order chi connectivity index (χ0) is 45.0. The summed E-state index contributed by atoms with van der Waals surface area (Å²) in [5.41, 5.74) is 4.43. The molecule has 8 aromatic rings. The van der Waals surface area contributed by atoms with Gasteiger partial charge in [0.1, 0.15) is 41.2 Å². The highest BCUT2D eigenvalue weighted by atomic mass is 16.6. The fourth-order valence-electron chi connectivity index (χ4n) is 9.15. The zero-order valence-corrected chi connectivity index (χ0v) is 37.2. The number of aromatic nitrogens is 4. The lowest BCUT2D eigenvalue weighted by atomic mass is 9.77. The Labute approximate surface area is 380 Å². The lowest BCUT2D eigenvalue weighted by molar-refractivity contribution is -0.0933. The maximum atomic E-state index is 12.4. The topological polar surface area (TPSA) is 125 Å². The second-order valence-electron chi connectivity index (χ2n) is 17.3. The van der Waals surface area contributed by atoms with Crippen molar-refractivity contribution in [1.29, 1.82) is 0 Å². The van der Waals surface area contributed by atoms with Crippen molar-refractivity contribution in [3.8, 4) is 11.5 Å². The molecule has 0 spiro atoms. The van der Waals surface area contributed by atoms with Crippen LogP contribution in [0.5, 0.6) is 11.5 Å². The molecular weight excluding hydrogens is 813 g/mol. The zero-order valence-electron chi connectivity index (χ0n) is 37.2. The van der Waals surface area contributed by atoms with Gasteiger partial charge in [0, 0.05) is 5.54 Å². The van der Waals surface area contributed by atoms with E-state index in [0.29, 0.717) is 17.0 Å². The summed E-state index contributed by atoms with van der Waals surface area (Å²) in [4.78, 5) is 14.6. The van der Waals surface area contributed by atoms with E-state index in [2.05, 4.69) is 92.1 Å². The summed E-state index contributed by atoms with van der Waals surface area (Å²) in [5.74, 6) is 2.00. The van der Waals surface area contributed by atoms with Crippen molar-refractivity contribution in [3.05, 3.63) is 216 Å². The number of aliphatic hydroxyl groups is 1. The molecule has 0 bridgehead atoms. The van der Waals surface area contributed by atoms with E-state index in [1.165, 1.54) is 0 Å². The number of nitrogens with one attached hydrogen (secondary N) is 2. The van der Waals surface area contributed by atoms with E-state index in [9.17, 15) is 5.11 Å². The first-order valence-electron chi connectivity index (χ1n) is 21.9. The Morgan fingerprint density at radius 3 is 1.55 bits per heavy atom. The van der Waals surface area contributed by atoms with Gasteiger partial charge >= 0.3 is 0 Å². The molecule has 330 valence electrons. The van der Waals surface area contributed by atoms with Gasteiger partial charge in [0.25, 0.3) is 0 Å². The van der Waals surface area contributed by atoms with Crippen molar-refractivity contribution in [2.75, 3.05) is 26.1 Å². The molecule has 6 aromatic carbocycles. The van der Waals surface area contributed by atoms with Crippen molar-refractivity contribution in [2.24, 2.45) is 0 Å². The Hall–Kier alpha value is -6.89. The number of ether oxygens (including phenoxy) is 4. The highest BCUT2D eigenvalue weighted by molar-refractivity contribution is 5.84. The van der Waals surface area contributed by atoms with Crippen LogP contribution in [0.15, 0.2) is 183 Å². The van der Waals surface area contributed by atoms with Crippen molar-refractivity contribution < 1.29 is 24.1 Å². The first-order chi connectivity index (χ1) is 31.6. The maximum absolute atomic E-state index is 12.4. The van der Waals surface area contributed by atoms with Gasteiger partial charge in [0.2, 0.25) is 0 Å². The van der Waals surface area contributed by atoms with E-state index in [1.54, 1.807) is 26.9 Å². The van der Waals surface area contributed by atoms with E-state index in [4.69, 9.17) is 33.9 Å². The van der Waals surface area contributed by atoms with Crippen LogP contribution >= 0.6 is 0 Å². The second kappa shape index (κ2) is 18.3. The molecule has 1 fully saturated rings. The Balaban J connectivity index is 1.11. The lowest BCUT2D eigenvalue weighted by Crippen LogP contribution is -2.52. The van der Waals surface area contributed by atoms with Crippen molar-refractivity contribution >= 4 is 17.0 Å². The number of rotatable bonds is 15. The number of nitrogens with zero attached hydrogens (tertiary/aromatic N) is 4. The summed E-state index contributed by atoms with van der Waals surface area (Å²) in [6.45, 7) is 6.26. The van der Waals surface area contributed by atoms with Gasteiger partial charge < -0.3 is 34.7 Å². The minimum Gasteiger partial charge on any atom is -0.497 e. The van der Waals surface area contributed by atoms with Gasteiger partial charge in [-0.3, -0.25) is 4.57 Å². The van der Waals surface area contributed by atoms with Crippen LogP contribution in [-0.2, 0) is 20.6 Å². The average Bonchev–Trinajstić information content (AvgIpc) is 3.92. The SMILES string of the molecule is COc1ccc(C(Nc2ncnc3c2ncn3[C@@H]2O[C@H](COC(c3ccccc3)(c3ccccc3)c3ccc(OC)cc3)[C@@H](O)[C@H]2NC(C)(C)C)(c2ccccc2)c2ccccc2)cc1. The smallest absolute Gasteiger partial charge is 0.167 e. The molecule has 11 nitrogen and oxygen atoms in total. The molecule has 0 unspecified atom stereocenters. The van der Waals surface area contributed by atoms with Crippen LogP contribution in [0.25, 0.3) is 11.2 Å². The lowest BCUT2D eigenvalue weighted by Gasteiger charge is -2.37. The molecule has 1 aliphatic heterocycles. The Morgan fingerprint density at radius 2 is 1.06 bits per heavy atom. The van der Waals surface area contributed by atoms with Gasteiger partial charge in [0.05, 0.1) is 33.2 Å². The average molecular weight is 867 g/mol. The summed E-state index contributed by atoms with van der Waals surface area (Å²) in [5, 5.41) is 19.9. The number of methoxy groups -OCH3 is 2. The summed E-state index contributed by atoms with van der Waals surface area (Å²) in [6, 6.07) is 56.3. The Bertz CT molecular complexity index is 2710. The van der Waals surface area contributed by atoms with Crippen LogP contribution in [0.1, 0.15) is 60.4 Å². The highest BCUT2D eigenvalue weighted by Crippen LogP contribution is 2.44. The standard InChI is InChI=1S/C54H54N6O5/c1-52(2,3)58-46-48(61)45(34-64-54(40-22-14-8-15-23-40,41-24-16-9-17-25-41)42-28-32-44(63-5)33-29-42)65-51(46)60-36-57-47-49(55-35-56-50(47)60)59-53(37-18-10-6-11-19-37,38-20-12-7-13-21-38)39-26-30-43(62-4)31-27-39/h6-33,35-36,45-46,48,51,58,61H,34H2,1-5H3,(H,55,56,59)/t45-,46-,48-,51-/m1/s1. The molecule has 2 aromatic heterocycles. The molecule has 1 saturated heterocycles. The first-order valence-corrected chi connectivity index (χ1v) is 21.9. The third kappa shape index (κ3) is 8.35. The largest absolute Gasteiger partial charge is 0.497 e. The van der Waals surface area contributed by atoms with Crippen LogP contribution in [0.4, 0.5) is 5.82 Å². The minimum absolute atomic E-state index is 0.0444. The third-order valence-corrected chi connectivity index (χ3v) is 12.2. The van der Waals surface area contributed by atoms with E-state index in [0.717, 1.165) is 44.9 Å². The van der Waals surface area contributed by atoms with Crippen molar-refractivity contribution in [3.63, 3.8) is 0 Å². The summed E-state index contributed by atoms with van der Waals surface area (Å²) >= 11 is 0. The number of hydrogen-bond donors (Lipinski definition) is 3. The van der Waals surface area contributed by atoms with Crippen LogP contribution in [-0.4, -0.2) is 69.2 Å². The van der Waals surface area contributed by atoms with Gasteiger partial charge in [-0.2, -0.15) is 0 Å². The number of imidazole rings is 1.